The molecule has 2 amide bonds. The molecule has 3 aliphatic rings. The van der Waals surface area contributed by atoms with E-state index in [1.165, 1.54) is 10.9 Å². The molecule has 6 nitrogen and oxygen atoms in total. The van der Waals surface area contributed by atoms with Gasteiger partial charge in [0, 0.05) is 38.3 Å². The zero-order valence-electron chi connectivity index (χ0n) is 21.1. The van der Waals surface area contributed by atoms with Gasteiger partial charge in [-0.15, -0.1) is 0 Å². The zero-order valence-corrected chi connectivity index (χ0v) is 21.1. The lowest BCUT2D eigenvalue weighted by Gasteiger charge is -2.43. The average molecular weight is 484 g/mol. The van der Waals surface area contributed by atoms with Gasteiger partial charge in [0.05, 0.1) is 11.5 Å². The van der Waals surface area contributed by atoms with Gasteiger partial charge in [0.2, 0.25) is 11.8 Å². The van der Waals surface area contributed by atoms with Crippen molar-refractivity contribution in [3.8, 4) is 0 Å². The standard InChI is InChI=1S/C30H33N3O3/c1-29(18-25(34)31-3)22-11-4-5-13-24(22)33(28(29)35)20-14-16-32(17-15-20)27-21-10-6-8-19-9-7-12-23(26(19)21)30(27,2)36/h4-13,20,27,36H,14-18H2,1-3H3,(H,31,34)/t27-,29?,30+/m0/s1. The van der Waals surface area contributed by atoms with E-state index in [-0.39, 0.29) is 30.3 Å². The molecule has 1 saturated heterocycles. The van der Waals surface area contributed by atoms with Gasteiger partial charge >= 0.3 is 0 Å². The quantitative estimate of drug-likeness (QED) is 0.588. The van der Waals surface area contributed by atoms with E-state index >= 15 is 0 Å². The van der Waals surface area contributed by atoms with Crippen molar-refractivity contribution in [2.24, 2.45) is 0 Å². The third-order valence-corrected chi connectivity index (χ3v) is 8.78. The van der Waals surface area contributed by atoms with Crippen molar-refractivity contribution in [1.29, 1.82) is 0 Å². The number of nitrogens with zero attached hydrogens (tertiary/aromatic N) is 2. The fourth-order valence-corrected chi connectivity index (χ4v) is 7.01. The smallest absolute Gasteiger partial charge is 0.238 e. The van der Waals surface area contributed by atoms with E-state index < -0.39 is 11.0 Å². The lowest BCUT2D eigenvalue weighted by Crippen LogP contribution is -2.51. The number of carbonyl (C=O) groups excluding carboxylic acids is 2. The van der Waals surface area contributed by atoms with Crippen molar-refractivity contribution in [1.82, 2.24) is 10.2 Å². The molecule has 0 spiro atoms. The van der Waals surface area contributed by atoms with Crippen LogP contribution >= 0.6 is 0 Å². The van der Waals surface area contributed by atoms with Crippen molar-refractivity contribution in [2.75, 3.05) is 25.0 Å². The SMILES string of the molecule is CNC(=O)CC1(C)C(=O)N(C2CCN([C@H]3c4cccc5cccc(c45)[C@@]3(C)O)CC2)c2ccccc21. The summed E-state index contributed by atoms with van der Waals surface area (Å²) in [6, 6.07) is 20.4. The van der Waals surface area contributed by atoms with Crippen molar-refractivity contribution in [3.05, 3.63) is 77.4 Å². The molecule has 186 valence electrons. The molecule has 1 aliphatic carbocycles. The maximum atomic E-state index is 13.8. The van der Waals surface area contributed by atoms with Crippen molar-refractivity contribution in [2.45, 2.75) is 56.2 Å². The summed E-state index contributed by atoms with van der Waals surface area (Å²) in [7, 11) is 1.61. The van der Waals surface area contributed by atoms with Crippen LogP contribution in [0.4, 0.5) is 5.69 Å². The molecular formula is C30H33N3O3. The highest BCUT2D eigenvalue weighted by atomic mass is 16.3. The van der Waals surface area contributed by atoms with Gasteiger partial charge < -0.3 is 15.3 Å². The number of piperidine rings is 1. The van der Waals surface area contributed by atoms with Crippen LogP contribution in [0, 0.1) is 0 Å². The normalized spacial score (nSPS) is 28.1. The van der Waals surface area contributed by atoms with Gasteiger partial charge in [0.25, 0.3) is 0 Å². The molecule has 0 aromatic heterocycles. The summed E-state index contributed by atoms with van der Waals surface area (Å²) in [5.74, 6) is -0.120. The van der Waals surface area contributed by atoms with Crippen LogP contribution in [0.3, 0.4) is 0 Å². The Morgan fingerprint density at radius 2 is 1.67 bits per heavy atom. The Balaban J connectivity index is 1.27. The Hall–Kier alpha value is -3.22. The largest absolute Gasteiger partial charge is 0.383 e. The van der Waals surface area contributed by atoms with Crippen molar-refractivity contribution >= 4 is 28.3 Å². The van der Waals surface area contributed by atoms with Gasteiger partial charge in [0.1, 0.15) is 5.60 Å². The van der Waals surface area contributed by atoms with E-state index in [0.717, 1.165) is 48.1 Å². The van der Waals surface area contributed by atoms with Crippen LogP contribution in [0.25, 0.3) is 10.8 Å². The number of para-hydroxylation sites is 1. The molecule has 1 fully saturated rings. The molecule has 0 bridgehead atoms. The molecule has 6 heteroatoms. The molecule has 0 radical (unpaired) electrons. The van der Waals surface area contributed by atoms with E-state index in [1.807, 2.05) is 55.1 Å². The monoisotopic (exact) mass is 483 g/mol. The summed E-state index contributed by atoms with van der Waals surface area (Å²) in [4.78, 5) is 30.5. The maximum Gasteiger partial charge on any atom is 0.238 e. The predicted octanol–water partition coefficient (Wildman–Crippen LogP) is 4.01. The first-order chi connectivity index (χ1) is 17.3. The molecule has 0 saturated carbocycles. The van der Waals surface area contributed by atoms with Gasteiger partial charge in [-0.25, -0.2) is 0 Å². The number of rotatable bonds is 4. The number of carbonyl (C=O) groups is 2. The number of nitrogens with one attached hydrogen (secondary N) is 1. The highest BCUT2D eigenvalue weighted by molar-refractivity contribution is 6.10. The molecule has 2 N–H and O–H groups in total. The summed E-state index contributed by atoms with van der Waals surface area (Å²) in [6.45, 7) is 5.40. The van der Waals surface area contributed by atoms with Crippen LogP contribution in [0.5, 0.6) is 0 Å². The second-order valence-electron chi connectivity index (χ2n) is 10.9. The molecule has 3 aromatic rings. The second kappa shape index (κ2) is 8.15. The van der Waals surface area contributed by atoms with E-state index in [4.69, 9.17) is 0 Å². The molecule has 2 aliphatic heterocycles. The van der Waals surface area contributed by atoms with E-state index in [2.05, 4.69) is 34.5 Å². The Morgan fingerprint density at radius 3 is 2.39 bits per heavy atom. The number of hydrogen-bond acceptors (Lipinski definition) is 4. The van der Waals surface area contributed by atoms with Gasteiger partial charge in [0.15, 0.2) is 0 Å². The maximum absolute atomic E-state index is 13.8. The van der Waals surface area contributed by atoms with Crippen molar-refractivity contribution < 1.29 is 14.7 Å². The lowest BCUT2D eigenvalue weighted by molar-refractivity contribution is -0.129. The first kappa shape index (κ1) is 23.2. The summed E-state index contributed by atoms with van der Waals surface area (Å²) < 4.78 is 0. The number of anilines is 1. The summed E-state index contributed by atoms with van der Waals surface area (Å²) in [5, 5.41) is 16.7. The third kappa shape index (κ3) is 3.17. The minimum Gasteiger partial charge on any atom is -0.383 e. The van der Waals surface area contributed by atoms with Gasteiger partial charge in [-0.3, -0.25) is 14.5 Å². The van der Waals surface area contributed by atoms with Crippen LogP contribution in [0.15, 0.2) is 60.7 Å². The second-order valence-corrected chi connectivity index (χ2v) is 10.9. The molecule has 6 rings (SSSR count). The summed E-state index contributed by atoms with van der Waals surface area (Å²) in [6.07, 6.45) is 1.77. The van der Waals surface area contributed by atoms with Crippen LogP contribution < -0.4 is 10.2 Å². The van der Waals surface area contributed by atoms with Crippen molar-refractivity contribution in [3.63, 3.8) is 0 Å². The van der Waals surface area contributed by atoms with E-state index in [1.54, 1.807) is 7.05 Å². The number of amides is 2. The molecule has 2 heterocycles. The fraction of sp³-hybridized carbons (Fsp3) is 0.400. The molecule has 36 heavy (non-hydrogen) atoms. The van der Waals surface area contributed by atoms with Gasteiger partial charge in [-0.05, 0) is 60.2 Å². The van der Waals surface area contributed by atoms with E-state index in [9.17, 15) is 14.7 Å². The summed E-state index contributed by atoms with van der Waals surface area (Å²) in [5.41, 5.74) is 2.21. The number of fused-ring (bicyclic) bond motifs is 1. The van der Waals surface area contributed by atoms with Gasteiger partial charge in [-0.2, -0.15) is 0 Å². The third-order valence-electron chi connectivity index (χ3n) is 8.78. The molecular weight excluding hydrogens is 450 g/mol. The highest BCUT2D eigenvalue weighted by Gasteiger charge is 2.52. The minimum absolute atomic E-state index is 0.00999. The minimum atomic E-state index is -0.974. The number of hydrogen-bond donors (Lipinski definition) is 2. The van der Waals surface area contributed by atoms with Crippen LogP contribution in [-0.2, 0) is 20.6 Å². The first-order valence-corrected chi connectivity index (χ1v) is 12.9. The lowest BCUT2D eigenvalue weighted by atomic mass is 9.80. The van der Waals surface area contributed by atoms with Crippen LogP contribution in [0.2, 0.25) is 0 Å². The molecule has 3 aromatic carbocycles. The highest BCUT2D eigenvalue weighted by Crippen LogP contribution is 2.52. The Bertz CT molecular complexity index is 1370. The summed E-state index contributed by atoms with van der Waals surface area (Å²) >= 11 is 0. The average Bonchev–Trinajstić information content (AvgIpc) is 3.25. The number of aliphatic hydroxyl groups is 1. The number of benzene rings is 3. The van der Waals surface area contributed by atoms with Crippen LogP contribution in [-0.4, -0.2) is 48.0 Å². The Kier molecular flexibility index (Phi) is 5.25. The van der Waals surface area contributed by atoms with E-state index in [0.29, 0.717) is 0 Å². The topological polar surface area (TPSA) is 72.9 Å². The Morgan fingerprint density at radius 1 is 1.00 bits per heavy atom. The fourth-order valence-electron chi connectivity index (χ4n) is 7.01. The molecule has 3 atom stereocenters. The Labute approximate surface area is 211 Å². The van der Waals surface area contributed by atoms with Gasteiger partial charge in [-0.1, -0.05) is 54.6 Å². The zero-order chi connectivity index (χ0) is 25.2. The predicted molar refractivity (Wildman–Crippen MR) is 141 cm³/mol. The first-order valence-electron chi connectivity index (χ1n) is 12.9. The molecule has 1 unspecified atom stereocenters. The van der Waals surface area contributed by atoms with Crippen LogP contribution in [0.1, 0.15) is 55.8 Å². The number of likely N-dealkylation sites (tertiary alicyclic amines) is 1.